The second-order valence-electron chi connectivity index (χ2n) is 4.09. The Bertz CT molecular complexity index is 446. The number of anilines is 1. The summed E-state index contributed by atoms with van der Waals surface area (Å²) >= 11 is 4.80. The van der Waals surface area contributed by atoms with Gasteiger partial charge in [0.15, 0.2) is 0 Å². The van der Waals surface area contributed by atoms with Gasteiger partial charge in [0.1, 0.15) is 16.5 Å². The number of nitrogens with zero attached hydrogens (tertiary/aromatic N) is 1. The van der Waals surface area contributed by atoms with Crippen molar-refractivity contribution in [3.8, 4) is 0 Å². The molecule has 0 saturated carbocycles. The van der Waals surface area contributed by atoms with E-state index in [0.717, 1.165) is 25.3 Å². The van der Waals surface area contributed by atoms with Crippen LogP contribution >= 0.6 is 12.2 Å². The van der Waals surface area contributed by atoms with Crippen LogP contribution in [0, 0.1) is 0 Å². The van der Waals surface area contributed by atoms with Crippen molar-refractivity contribution in [1.29, 1.82) is 0 Å². The number of hydrogen-bond acceptors (Lipinski definition) is 3. The Morgan fingerprint density at radius 1 is 1.37 bits per heavy atom. The van der Waals surface area contributed by atoms with Crippen molar-refractivity contribution in [3.63, 3.8) is 0 Å². The van der Waals surface area contributed by atoms with Gasteiger partial charge in [-0.25, -0.2) is 4.98 Å². The van der Waals surface area contributed by atoms with Gasteiger partial charge in [-0.2, -0.15) is 13.2 Å². The second kappa shape index (κ2) is 6.70. The first-order valence-corrected chi connectivity index (χ1v) is 6.39. The van der Waals surface area contributed by atoms with Crippen LogP contribution in [-0.4, -0.2) is 16.5 Å². The van der Waals surface area contributed by atoms with Crippen molar-refractivity contribution in [2.45, 2.75) is 32.4 Å². The summed E-state index contributed by atoms with van der Waals surface area (Å²) < 4.78 is 37.8. The summed E-state index contributed by atoms with van der Waals surface area (Å²) in [5.41, 5.74) is 4.85. The molecule has 0 amide bonds. The number of hydrogen-bond donors (Lipinski definition) is 2. The lowest BCUT2D eigenvalue weighted by molar-refractivity contribution is -0.141. The summed E-state index contributed by atoms with van der Waals surface area (Å²) in [4.78, 5) is 3.59. The van der Waals surface area contributed by atoms with Crippen LogP contribution in [0.5, 0.6) is 0 Å². The minimum absolute atomic E-state index is 0.0271. The molecule has 0 saturated heterocycles. The average molecular weight is 291 g/mol. The summed E-state index contributed by atoms with van der Waals surface area (Å²) in [6, 6.07) is 2.13. The van der Waals surface area contributed by atoms with Crippen LogP contribution < -0.4 is 11.1 Å². The topological polar surface area (TPSA) is 50.9 Å². The highest BCUT2D eigenvalue weighted by molar-refractivity contribution is 7.80. The van der Waals surface area contributed by atoms with Gasteiger partial charge in [-0.1, -0.05) is 32.0 Å². The number of thiocarbonyl (C=S) groups is 1. The van der Waals surface area contributed by atoms with Gasteiger partial charge in [0.2, 0.25) is 0 Å². The fourth-order valence-electron chi connectivity index (χ4n) is 1.53. The monoisotopic (exact) mass is 291 g/mol. The number of halogens is 3. The number of rotatable bonds is 6. The molecular weight excluding hydrogens is 275 g/mol. The van der Waals surface area contributed by atoms with Gasteiger partial charge in [-0.15, -0.1) is 0 Å². The van der Waals surface area contributed by atoms with Crippen LogP contribution in [0.1, 0.15) is 37.4 Å². The van der Waals surface area contributed by atoms with Crippen LogP contribution in [0.2, 0.25) is 0 Å². The highest BCUT2D eigenvalue weighted by Crippen LogP contribution is 2.29. The first-order valence-electron chi connectivity index (χ1n) is 5.98. The second-order valence-corrected chi connectivity index (χ2v) is 4.53. The molecule has 19 heavy (non-hydrogen) atoms. The van der Waals surface area contributed by atoms with Gasteiger partial charge in [-0.3, -0.25) is 0 Å². The maximum absolute atomic E-state index is 12.6. The molecule has 106 valence electrons. The van der Waals surface area contributed by atoms with E-state index in [0.29, 0.717) is 12.1 Å². The molecule has 0 aromatic carbocycles. The predicted octanol–water partition coefficient (Wildman–Crippen LogP) is 3.34. The molecule has 1 aromatic rings. The van der Waals surface area contributed by atoms with E-state index in [2.05, 4.69) is 10.3 Å². The Morgan fingerprint density at radius 3 is 2.58 bits per heavy atom. The Morgan fingerprint density at radius 2 is 2.05 bits per heavy atom. The molecule has 0 bridgehead atoms. The van der Waals surface area contributed by atoms with E-state index >= 15 is 0 Å². The zero-order valence-electron chi connectivity index (χ0n) is 10.5. The molecule has 0 atom stereocenters. The summed E-state index contributed by atoms with van der Waals surface area (Å²) in [5, 5.41) is 2.86. The van der Waals surface area contributed by atoms with Gasteiger partial charge < -0.3 is 11.1 Å². The number of nitrogens with one attached hydrogen (secondary N) is 1. The molecule has 1 rings (SSSR count). The van der Waals surface area contributed by atoms with E-state index in [-0.39, 0.29) is 10.8 Å². The SMILES string of the molecule is CCCCCNc1nc(C(F)(F)F)ccc1C(N)=S. The summed E-state index contributed by atoms with van der Waals surface area (Å²) in [6.07, 6.45) is -1.60. The summed E-state index contributed by atoms with van der Waals surface area (Å²) in [5.74, 6) is 0.0958. The van der Waals surface area contributed by atoms with Crippen molar-refractivity contribution in [2.75, 3.05) is 11.9 Å². The molecule has 0 aliphatic heterocycles. The van der Waals surface area contributed by atoms with Crippen LogP contribution in [0.4, 0.5) is 19.0 Å². The molecule has 0 aliphatic rings. The molecule has 0 spiro atoms. The minimum Gasteiger partial charge on any atom is -0.389 e. The van der Waals surface area contributed by atoms with Crippen molar-refractivity contribution in [1.82, 2.24) is 4.98 Å². The predicted molar refractivity (Wildman–Crippen MR) is 73.1 cm³/mol. The minimum atomic E-state index is -4.48. The number of unbranched alkanes of at least 4 members (excludes halogenated alkanes) is 2. The van der Waals surface area contributed by atoms with Gasteiger partial charge in [0.25, 0.3) is 0 Å². The highest BCUT2D eigenvalue weighted by Gasteiger charge is 2.33. The zero-order chi connectivity index (χ0) is 14.5. The third kappa shape index (κ3) is 4.66. The molecule has 7 heteroatoms. The quantitative estimate of drug-likeness (QED) is 0.623. The molecule has 1 heterocycles. The summed E-state index contributed by atoms with van der Waals surface area (Å²) in [7, 11) is 0. The lowest BCUT2D eigenvalue weighted by Crippen LogP contribution is -2.18. The standard InChI is InChI=1S/C12H16F3N3S/c1-2-3-4-7-17-11-8(10(16)19)5-6-9(18-11)12(13,14)15/h5-6H,2-4,7H2,1H3,(H2,16,19)(H,17,18). The van der Waals surface area contributed by atoms with Gasteiger partial charge in [0.05, 0.1) is 5.56 Å². The molecule has 3 N–H and O–H groups in total. The van der Waals surface area contributed by atoms with E-state index in [4.69, 9.17) is 18.0 Å². The first-order chi connectivity index (χ1) is 8.86. The van der Waals surface area contributed by atoms with Crippen molar-refractivity contribution in [3.05, 3.63) is 23.4 Å². The molecular formula is C12H16F3N3S. The van der Waals surface area contributed by atoms with Crippen molar-refractivity contribution >= 4 is 23.0 Å². The van der Waals surface area contributed by atoms with E-state index in [1.807, 2.05) is 6.92 Å². The molecule has 3 nitrogen and oxygen atoms in total. The van der Waals surface area contributed by atoms with E-state index in [9.17, 15) is 13.2 Å². The lowest BCUT2D eigenvalue weighted by atomic mass is 10.2. The van der Waals surface area contributed by atoms with Crippen molar-refractivity contribution < 1.29 is 13.2 Å². The molecule has 0 unspecified atom stereocenters. The number of alkyl halides is 3. The van der Waals surface area contributed by atoms with Crippen LogP contribution in [0.15, 0.2) is 12.1 Å². The number of aromatic nitrogens is 1. The number of nitrogens with two attached hydrogens (primary N) is 1. The zero-order valence-corrected chi connectivity index (χ0v) is 11.4. The van der Waals surface area contributed by atoms with Gasteiger partial charge in [0, 0.05) is 6.54 Å². The molecule has 0 aliphatic carbocycles. The third-order valence-corrected chi connectivity index (χ3v) is 2.74. The third-order valence-electron chi connectivity index (χ3n) is 2.52. The van der Waals surface area contributed by atoms with E-state index in [1.165, 1.54) is 6.07 Å². The average Bonchev–Trinajstić information content (AvgIpc) is 2.33. The first kappa shape index (κ1) is 15.7. The normalized spacial score (nSPS) is 11.4. The summed E-state index contributed by atoms with van der Waals surface area (Å²) in [6.45, 7) is 2.58. The van der Waals surface area contributed by atoms with E-state index in [1.54, 1.807) is 0 Å². The smallest absolute Gasteiger partial charge is 0.389 e. The Balaban J connectivity index is 2.93. The fourth-order valence-corrected chi connectivity index (χ4v) is 1.70. The van der Waals surface area contributed by atoms with Crippen LogP contribution in [0.3, 0.4) is 0 Å². The Kier molecular flexibility index (Phi) is 5.53. The van der Waals surface area contributed by atoms with Gasteiger partial charge >= 0.3 is 6.18 Å². The maximum Gasteiger partial charge on any atom is 0.433 e. The Hall–Kier alpha value is -1.37. The molecule has 0 fully saturated rings. The van der Waals surface area contributed by atoms with Crippen LogP contribution in [0.25, 0.3) is 0 Å². The van der Waals surface area contributed by atoms with Crippen molar-refractivity contribution in [2.24, 2.45) is 5.73 Å². The Labute approximate surface area is 115 Å². The molecule has 1 aromatic heterocycles. The van der Waals surface area contributed by atoms with Crippen LogP contribution in [-0.2, 0) is 6.18 Å². The number of pyridine rings is 1. The maximum atomic E-state index is 12.6. The lowest BCUT2D eigenvalue weighted by Gasteiger charge is -2.13. The molecule has 0 radical (unpaired) electrons. The van der Waals surface area contributed by atoms with E-state index < -0.39 is 11.9 Å². The highest BCUT2D eigenvalue weighted by atomic mass is 32.1. The van der Waals surface area contributed by atoms with Gasteiger partial charge in [-0.05, 0) is 18.6 Å². The fraction of sp³-hybridized carbons (Fsp3) is 0.500. The largest absolute Gasteiger partial charge is 0.433 e.